The molecule has 29 heavy (non-hydrogen) atoms. The van der Waals surface area contributed by atoms with E-state index in [0.29, 0.717) is 5.11 Å². The van der Waals surface area contributed by atoms with E-state index in [1.807, 2.05) is 12.1 Å². The maximum absolute atomic E-state index is 5.42. The highest BCUT2D eigenvalue weighted by Crippen LogP contribution is 2.20. The summed E-state index contributed by atoms with van der Waals surface area (Å²) in [5.74, 6) is 0.907. The van der Waals surface area contributed by atoms with Crippen LogP contribution in [0.25, 0.3) is 0 Å². The van der Waals surface area contributed by atoms with Gasteiger partial charge < -0.3 is 20.3 Å². The zero-order valence-electron chi connectivity index (χ0n) is 17.7. The van der Waals surface area contributed by atoms with Crippen LogP contribution in [-0.4, -0.2) is 56.4 Å². The third-order valence-corrected chi connectivity index (χ3v) is 5.76. The number of thiocarbonyl (C=S) groups is 1. The van der Waals surface area contributed by atoms with Crippen molar-refractivity contribution in [3.8, 4) is 5.75 Å². The molecule has 5 nitrogen and oxygen atoms in total. The molecule has 0 bridgehead atoms. The van der Waals surface area contributed by atoms with E-state index in [2.05, 4.69) is 64.6 Å². The van der Waals surface area contributed by atoms with Gasteiger partial charge in [0, 0.05) is 44.1 Å². The molecule has 0 saturated carbocycles. The van der Waals surface area contributed by atoms with E-state index in [4.69, 9.17) is 17.0 Å². The summed E-state index contributed by atoms with van der Waals surface area (Å²) >= 11 is 5.42. The van der Waals surface area contributed by atoms with Gasteiger partial charge in [-0.1, -0.05) is 6.07 Å². The van der Waals surface area contributed by atoms with E-state index >= 15 is 0 Å². The van der Waals surface area contributed by atoms with Gasteiger partial charge in [0.1, 0.15) is 5.75 Å². The van der Waals surface area contributed by atoms with Crippen molar-refractivity contribution < 1.29 is 4.74 Å². The van der Waals surface area contributed by atoms with Crippen molar-refractivity contribution in [1.29, 1.82) is 0 Å². The fraction of sp³-hybridized carbons (Fsp3) is 0.435. The molecule has 0 aliphatic carbocycles. The van der Waals surface area contributed by atoms with E-state index in [1.165, 1.54) is 16.8 Å². The van der Waals surface area contributed by atoms with Gasteiger partial charge in [0.15, 0.2) is 5.11 Å². The second-order valence-electron chi connectivity index (χ2n) is 7.56. The Hall–Kier alpha value is -2.31. The Morgan fingerprint density at radius 1 is 1.00 bits per heavy atom. The van der Waals surface area contributed by atoms with Crippen molar-refractivity contribution in [1.82, 2.24) is 10.2 Å². The average molecular weight is 413 g/mol. The zero-order chi connectivity index (χ0) is 20.6. The predicted molar refractivity (Wildman–Crippen MR) is 126 cm³/mol. The van der Waals surface area contributed by atoms with Crippen LogP contribution < -0.4 is 20.3 Å². The number of benzene rings is 2. The molecule has 1 saturated heterocycles. The Morgan fingerprint density at radius 2 is 1.72 bits per heavy atom. The molecule has 3 rings (SSSR count). The third-order valence-electron chi connectivity index (χ3n) is 5.51. The number of hydrogen-bond donors (Lipinski definition) is 2. The van der Waals surface area contributed by atoms with Crippen LogP contribution >= 0.6 is 12.2 Å². The molecule has 1 fully saturated rings. The third kappa shape index (κ3) is 6.34. The smallest absolute Gasteiger partial charge is 0.170 e. The number of aryl methyl sites for hydroxylation is 2. The normalized spacial score (nSPS) is 14.5. The van der Waals surface area contributed by atoms with Crippen LogP contribution in [0.15, 0.2) is 42.5 Å². The molecule has 1 heterocycles. The van der Waals surface area contributed by atoms with Gasteiger partial charge in [-0.2, -0.15) is 0 Å². The number of nitrogens with zero attached hydrogens (tertiary/aromatic N) is 2. The van der Waals surface area contributed by atoms with Gasteiger partial charge in [0.2, 0.25) is 0 Å². The van der Waals surface area contributed by atoms with Crippen LogP contribution in [0.1, 0.15) is 17.5 Å². The minimum Gasteiger partial charge on any atom is -0.497 e. The number of piperazine rings is 1. The Bertz CT molecular complexity index is 801. The average Bonchev–Trinajstić information content (AvgIpc) is 2.74. The molecule has 156 valence electrons. The Morgan fingerprint density at radius 3 is 2.38 bits per heavy atom. The number of nitrogens with one attached hydrogen (secondary N) is 2. The predicted octanol–water partition coefficient (Wildman–Crippen LogP) is 3.81. The van der Waals surface area contributed by atoms with E-state index in [0.717, 1.165) is 57.1 Å². The molecule has 0 unspecified atom stereocenters. The molecule has 6 heteroatoms. The van der Waals surface area contributed by atoms with Crippen molar-refractivity contribution in [3.63, 3.8) is 0 Å². The highest BCUT2D eigenvalue weighted by atomic mass is 32.1. The highest BCUT2D eigenvalue weighted by molar-refractivity contribution is 7.80. The molecule has 2 aromatic rings. The minimum atomic E-state index is 0.692. The minimum absolute atomic E-state index is 0.692. The van der Waals surface area contributed by atoms with E-state index < -0.39 is 0 Å². The van der Waals surface area contributed by atoms with Crippen LogP contribution in [0.3, 0.4) is 0 Å². The molecule has 0 atom stereocenters. The topological polar surface area (TPSA) is 39.8 Å². The van der Waals surface area contributed by atoms with Crippen molar-refractivity contribution in [3.05, 3.63) is 53.6 Å². The summed E-state index contributed by atoms with van der Waals surface area (Å²) < 4.78 is 5.24. The molecule has 0 radical (unpaired) electrons. The maximum atomic E-state index is 5.42. The lowest BCUT2D eigenvalue weighted by molar-refractivity contribution is 0.255. The van der Waals surface area contributed by atoms with Gasteiger partial charge in [0.05, 0.1) is 7.11 Å². The van der Waals surface area contributed by atoms with E-state index in [-0.39, 0.29) is 0 Å². The highest BCUT2D eigenvalue weighted by Gasteiger charge is 2.16. The Labute approximate surface area is 180 Å². The SMILES string of the molecule is COc1ccc(N2CCN(CCCNC(=S)Nc3ccc(C)c(C)c3)CC2)cc1. The summed E-state index contributed by atoms with van der Waals surface area (Å²) in [6, 6.07) is 14.7. The molecule has 2 N–H and O–H groups in total. The quantitative estimate of drug-likeness (QED) is 0.532. The van der Waals surface area contributed by atoms with Crippen LogP contribution in [0, 0.1) is 13.8 Å². The standard InChI is InChI=1S/C23H32N4OS/c1-18-5-6-20(17-19(18)2)25-23(29)24-11-4-12-26-13-15-27(16-14-26)21-7-9-22(28-3)10-8-21/h5-10,17H,4,11-16H2,1-3H3,(H2,24,25,29). The van der Waals surface area contributed by atoms with Crippen LogP contribution in [0.4, 0.5) is 11.4 Å². The van der Waals surface area contributed by atoms with Crippen molar-refractivity contribution in [2.45, 2.75) is 20.3 Å². The Balaban J connectivity index is 1.32. The number of anilines is 2. The van der Waals surface area contributed by atoms with Gasteiger partial charge in [-0.15, -0.1) is 0 Å². The summed E-state index contributed by atoms with van der Waals surface area (Å²) in [5.41, 5.74) is 4.88. The number of rotatable bonds is 7. The Kier molecular flexibility index (Phi) is 7.72. The molecule has 2 aromatic carbocycles. The van der Waals surface area contributed by atoms with Gasteiger partial charge in [-0.05, 0) is 86.6 Å². The lowest BCUT2D eigenvalue weighted by atomic mass is 10.1. The van der Waals surface area contributed by atoms with E-state index in [9.17, 15) is 0 Å². The van der Waals surface area contributed by atoms with Crippen molar-refractivity contribution in [2.24, 2.45) is 0 Å². The van der Waals surface area contributed by atoms with Crippen molar-refractivity contribution >= 4 is 28.7 Å². The van der Waals surface area contributed by atoms with Gasteiger partial charge in [0.25, 0.3) is 0 Å². The summed E-state index contributed by atoms with van der Waals surface area (Å²) in [7, 11) is 1.70. The molecule has 1 aliphatic rings. The van der Waals surface area contributed by atoms with E-state index in [1.54, 1.807) is 7.11 Å². The fourth-order valence-electron chi connectivity index (χ4n) is 3.52. The summed E-state index contributed by atoms with van der Waals surface area (Å²) in [6.07, 6.45) is 1.08. The molecular weight excluding hydrogens is 380 g/mol. The first-order chi connectivity index (χ1) is 14.0. The largest absolute Gasteiger partial charge is 0.497 e. The van der Waals surface area contributed by atoms with Gasteiger partial charge in [-0.25, -0.2) is 0 Å². The number of hydrogen-bond acceptors (Lipinski definition) is 4. The van der Waals surface area contributed by atoms with Gasteiger partial charge in [-0.3, -0.25) is 4.90 Å². The lowest BCUT2D eigenvalue weighted by Gasteiger charge is -2.36. The molecule has 0 aromatic heterocycles. The monoisotopic (exact) mass is 412 g/mol. The van der Waals surface area contributed by atoms with Gasteiger partial charge >= 0.3 is 0 Å². The first-order valence-electron chi connectivity index (χ1n) is 10.3. The first-order valence-corrected chi connectivity index (χ1v) is 10.7. The summed E-state index contributed by atoms with van der Waals surface area (Å²) in [6.45, 7) is 10.5. The second kappa shape index (κ2) is 10.5. The number of ether oxygens (including phenoxy) is 1. The number of methoxy groups -OCH3 is 1. The van der Waals surface area contributed by atoms with Crippen molar-refractivity contribution in [2.75, 3.05) is 56.6 Å². The second-order valence-corrected chi connectivity index (χ2v) is 7.97. The first kappa shape index (κ1) is 21.4. The molecule has 0 spiro atoms. The van der Waals surface area contributed by atoms with Crippen LogP contribution in [0.2, 0.25) is 0 Å². The summed E-state index contributed by atoms with van der Waals surface area (Å²) in [5, 5.41) is 7.29. The van der Waals surface area contributed by atoms with Crippen LogP contribution in [0.5, 0.6) is 5.75 Å². The zero-order valence-corrected chi connectivity index (χ0v) is 18.5. The molecule has 1 aliphatic heterocycles. The van der Waals surface area contributed by atoms with Crippen LogP contribution in [-0.2, 0) is 0 Å². The molecular formula is C23H32N4OS. The fourth-order valence-corrected chi connectivity index (χ4v) is 3.74. The summed E-state index contributed by atoms with van der Waals surface area (Å²) in [4.78, 5) is 4.97. The maximum Gasteiger partial charge on any atom is 0.170 e. The molecule has 0 amide bonds. The lowest BCUT2D eigenvalue weighted by Crippen LogP contribution is -2.47.